The monoisotopic (exact) mass is 199 g/mol. The third-order valence-corrected chi connectivity index (χ3v) is 2.35. The first-order valence-electron chi connectivity index (χ1n) is 5.05. The number of benzene rings is 1. The van der Waals surface area contributed by atoms with Gasteiger partial charge in [-0.25, -0.2) is 0 Å². The van der Waals surface area contributed by atoms with Crippen LogP contribution in [0.4, 0.5) is 0 Å². The molecule has 0 aliphatic rings. The van der Waals surface area contributed by atoms with Crippen molar-refractivity contribution in [2.24, 2.45) is 0 Å². The van der Waals surface area contributed by atoms with Crippen LogP contribution in [-0.2, 0) is 6.42 Å². The first-order chi connectivity index (χ1) is 7.31. The zero-order chi connectivity index (χ0) is 10.7. The zero-order valence-corrected chi connectivity index (χ0v) is 8.64. The lowest BCUT2D eigenvalue weighted by atomic mass is 10.1. The van der Waals surface area contributed by atoms with Crippen molar-refractivity contribution in [3.63, 3.8) is 0 Å². The Morgan fingerprint density at radius 3 is 2.60 bits per heavy atom. The molecule has 0 spiro atoms. The summed E-state index contributed by atoms with van der Waals surface area (Å²) in [5.74, 6) is 0.276. The van der Waals surface area contributed by atoms with Gasteiger partial charge in [0.1, 0.15) is 5.75 Å². The summed E-state index contributed by atoms with van der Waals surface area (Å²) in [5, 5.41) is 9.69. The first kappa shape index (κ1) is 9.71. The molecule has 15 heavy (non-hydrogen) atoms. The van der Waals surface area contributed by atoms with Crippen LogP contribution < -0.4 is 0 Å². The standard InChI is InChI=1S/C13H13NO/c1-2-10-6-5-8-12(14-10)11-7-3-4-9-13(11)15/h3-9,15H,2H2,1H3. The summed E-state index contributed by atoms with van der Waals surface area (Å²) in [4.78, 5) is 4.46. The predicted molar refractivity (Wildman–Crippen MR) is 60.7 cm³/mol. The van der Waals surface area contributed by atoms with Crippen molar-refractivity contribution in [2.45, 2.75) is 13.3 Å². The van der Waals surface area contributed by atoms with Crippen molar-refractivity contribution < 1.29 is 5.11 Å². The van der Waals surface area contributed by atoms with Crippen molar-refractivity contribution in [1.29, 1.82) is 0 Å². The van der Waals surface area contributed by atoms with Crippen LogP contribution in [0.15, 0.2) is 42.5 Å². The van der Waals surface area contributed by atoms with Crippen LogP contribution in [0.3, 0.4) is 0 Å². The minimum absolute atomic E-state index is 0.276. The lowest BCUT2D eigenvalue weighted by molar-refractivity contribution is 0.477. The fourth-order valence-electron chi connectivity index (χ4n) is 1.52. The van der Waals surface area contributed by atoms with E-state index in [9.17, 15) is 5.11 Å². The number of hydrogen-bond donors (Lipinski definition) is 1. The number of aromatic hydroxyl groups is 1. The van der Waals surface area contributed by atoms with Crippen LogP contribution in [-0.4, -0.2) is 10.1 Å². The van der Waals surface area contributed by atoms with Gasteiger partial charge in [0.2, 0.25) is 0 Å². The van der Waals surface area contributed by atoms with Crippen LogP contribution in [0.1, 0.15) is 12.6 Å². The Labute approximate surface area is 89.2 Å². The number of aromatic nitrogens is 1. The number of hydrogen-bond acceptors (Lipinski definition) is 2. The fourth-order valence-corrected chi connectivity index (χ4v) is 1.52. The van der Waals surface area contributed by atoms with Gasteiger partial charge in [0, 0.05) is 11.3 Å². The number of nitrogens with zero attached hydrogens (tertiary/aromatic N) is 1. The number of phenolic OH excluding ortho intramolecular Hbond substituents is 1. The van der Waals surface area contributed by atoms with Gasteiger partial charge >= 0.3 is 0 Å². The molecule has 0 fully saturated rings. The smallest absolute Gasteiger partial charge is 0.124 e. The second-order valence-electron chi connectivity index (χ2n) is 3.38. The van der Waals surface area contributed by atoms with Crippen molar-refractivity contribution in [3.8, 4) is 17.0 Å². The summed E-state index contributed by atoms with van der Waals surface area (Å²) in [5.41, 5.74) is 2.65. The summed E-state index contributed by atoms with van der Waals surface area (Å²) < 4.78 is 0. The zero-order valence-electron chi connectivity index (χ0n) is 8.64. The molecule has 0 bridgehead atoms. The second kappa shape index (κ2) is 4.13. The van der Waals surface area contributed by atoms with Crippen LogP contribution in [0.5, 0.6) is 5.75 Å². The normalized spacial score (nSPS) is 10.2. The lowest BCUT2D eigenvalue weighted by Crippen LogP contribution is -1.89. The Kier molecular flexibility index (Phi) is 2.68. The average molecular weight is 199 g/mol. The molecule has 0 saturated heterocycles. The van der Waals surface area contributed by atoms with Gasteiger partial charge in [0.15, 0.2) is 0 Å². The molecular formula is C13H13NO. The molecule has 2 rings (SSSR count). The minimum atomic E-state index is 0.276. The van der Waals surface area contributed by atoms with E-state index >= 15 is 0 Å². The Morgan fingerprint density at radius 2 is 1.87 bits per heavy atom. The molecule has 76 valence electrons. The van der Waals surface area contributed by atoms with E-state index in [1.54, 1.807) is 6.07 Å². The van der Waals surface area contributed by atoms with E-state index in [4.69, 9.17) is 0 Å². The highest BCUT2D eigenvalue weighted by molar-refractivity contribution is 5.66. The molecule has 1 aromatic carbocycles. The van der Waals surface area contributed by atoms with Crippen molar-refractivity contribution in [3.05, 3.63) is 48.2 Å². The molecule has 1 N–H and O–H groups in total. The van der Waals surface area contributed by atoms with Gasteiger partial charge < -0.3 is 5.11 Å². The highest BCUT2D eigenvalue weighted by atomic mass is 16.3. The molecule has 2 heteroatoms. The molecule has 0 amide bonds. The Bertz CT molecular complexity index is 466. The maximum Gasteiger partial charge on any atom is 0.124 e. The minimum Gasteiger partial charge on any atom is -0.507 e. The third-order valence-electron chi connectivity index (χ3n) is 2.35. The highest BCUT2D eigenvalue weighted by Gasteiger charge is 2.04. The van der Waals surface area contributed by atoms with E-state index in [-0.39, 0.29) is 5.75 Å². The molecule has 1 aromatic heterocycles. The quantitative estimate of drug-likeness (QED) is 0.806. The molecule has 2 aromatic rings. The second-order valence-corrected chi connectivity index (χ2v) is 3.38. The van der Waals surface area contributed by atoms with Gasteiger partial charge in [-0.3, -0.25) is 4.98 Å². The van der Waals surface area contributed by atoms with E-state index in [0.29, 0.717) is 0 Å². The molecule has 2 nitrogen and oxygen atoms in total. The van der Waals surface area contributed by atoms with Gasteiger partial charge in [-0.1, -0.05) is 25.1 Å². The summed E-state index contributed by atoms with van der Waals surface area (Å²) in [6, 6.07) is 13.1. The number of phenols is 1. The van der Waals surface area contributed by atoms with Crippen molar-refractivity contribution in [1.82, 2.24) is 4.98 Å². The van der Waals surface area contributed by atoms with E-state index in [1.807, 2.05) is 36.4 Å². The SMILES string of the molecule is CCc1cccc(-c2ccccc2O)n1. The maximum atomic E-state index is 9.69. The van der Waals surface area contributed by atoms with Crippen molar-refractivity contribution in [2.75, 3.05) is 0 Å². The van der Waals surface area contributed by atoms with E-state index in [0.717, 1.165) is 23.4 Å². The van der Waals surface area contributed by atoms with Gasteiger partial charge in [-0.2, -0.15) is 0 Å². The average Bonchev–Trinajstić information content (AvgIpc) is 2.30. The Hall–Kier alpha value is -1.83. The summed E-state index contributed by atoms with van der Waals surface area (Å²) in [6.07, 6.45) is 0.904. The summed E-state index contributed by atoms with van der Waals surface area (Å²) >= 11 is 0. The number of aryl methyl sites for hydroxylation is 1. The fraction of sp³-hybridized carbons (Fsp3) is 0.154. The lowest BCUT2D eigenvalue weighted by Gasteiger charge is -2.04. The van der Waals surface area contributed by atoms with Crippen LogP contribution >= 0.6 is 0 Å². The molecular weight excluding hydrogens is 186 g/mol. The van der Waals surface area contributed by atoms with Crippen LogP contribution in [0, 0.1) is 0 Å². The van der Waals surface area contributed by atoms with Crippen molar-refractivity contribution >= 4 is 0 Å². The van der Waals surface area contributed by atoms with Gasteiger partial charge in [0.25, 0.3) is 0 Å². The molecule has 0 radical (unpaired) electrons. The highest BCUT2D eigenvalue weighted by Crippen LogP contribution is 2.26. The Morgan fingerprint density at radius 1 is 1.07 bits per heavy atom. The molecule has 0 aliphatic carbocycles. The van der Waals surface area contributed by atoms with Crippen LogP contribution in [0.2, 0.25) is 0 Å². The number of para-hydroxylation sites is 1. The Balaban J connectivity index is 2.49. The molecule has 0 atom stereocenters. The molecule has 1 heterocycles. The van der Waals surface area contributed by atoms with E-state index in [2.05, 4.69) is 11.9 Å². The summed E-state index contributed by atoms with van der Waals surface area (Å²) in [7, 11) is 0. The van der Waals surface area contributed by atoms with E-state index < -0.39 is 0 Å². The first-order valence-corrected chi connectivity index (χ1v) is 5.05. The summed E-state index contributed by atoms with van der Waals surface area (Å²) in [6.45, 7) is 2.07. The molecule has 0 aliphatic heterocycles. The molecule has 0 unspecified atom stereocenters. The largest absolute Gasteiger partial charge is 0.507 e. The van der Waals surface area contributed by atoms with Crippen LogP contribution in [0.25, 0.3) is 11.3 Å². The van der Waals surface area contributed by atoms with E-state index in [1.165, 1.54) is 0 Å². The van der Waals surface area contributed by atoms with Gasteiger partial charge in [0.05, 0.1) is 5.69 Å². The number of pyridine rings is 1. The van der Waals surface area contributed by atoms with Gasteiger partial charge in [-0.15, -0.1) is 0 Å². The third kappa shape index (κ3) is 1.99. The number of rotatable bonds is 2. The molecule has 0 saturated carbocycles. The maximum absolute atomic E-state index is 9.69. The predicted octanol–water partition coefficient (Wildman–Crippen LogP) is 3.02. The van der Waals surface area contributed by atoms with Gasteiger partial charge in [-0.05, 0) is 30.7 Å². The topological polar surface area (TPSA) is 33.1 Å².